The molecule has 1 heterocycles. The van der Waals surface area contributed by atoms with E-state index in [0.29, 0.717) is 5.92 Å². The van der Waals surface area contributed by atoms with Crippen LogP contribution in [0.3, 0.4) is 0 Å². The van der Waals surface area contributed by atoms with Gasteiger partial charge >= 0.3 is 0 Å². The molecule has 1 atom stereocenters. The average Bonchev–Trinajstić information content (AvgIpc) is 2.33. The van der Waals surface area contributed by atoms with E-state index in [-0.39, 0.29) is 11.5 Å². The van der Waals surface area contributed by atoms with E-state index >= 15 is 0 Å². The van der Waals surface area contributed by atoms with Gasteiger partial charge in [-0.25, -0.2) is 9.97 Å². The monoisotopic (exact) mass is 357 g/mol. The number of ether oxygens (including phenoxy) is 1. The number of nitrogens with one attached hydrogen (secondary N) is 1. The van der Waals surface area contributed by atoms with Crippen molar-refractivity contribution in [3.8, 4) is 0 Å². The van der Waals surface area contributed by atoms with Gasteiger partial charge in [-0.15, -0.1) is 0 Å². The predicted octanol–water partition coefficient (Wildman–Crippen LogP) is 4.60. The summed E-state index contributed by atoms with van der Waals surface area (Å²) in [6.45, 7) is 13.7. The van der Waals surface area contributed by atoms with Gasteiger partial charge in [0.1, 0.15) is 11.9 Å². The molecule has 0 radical (unpaired) electrons. The van der Waals surface area contributed by atoms with Crippen molar-refractivity contribution in [3.05, 3.63) is 16.0 Å². The van der Waals surface area contributed by atoms with E-state index < -0.39 is 0 Å². The van der Waals surface area contributed by atoms with Crippen molar-refractivity contribution in [1.82, 2.24) is 9.97 Å². The lowest BCUT2D eigenvalue weighted by molar-refractivity contribution is 0.00856. The first-order valence-electron chi connectivity index (χ1n) is 7.53. The van der Waals surface area contributed by atoms with E-state index in [1.54, 1.807) is 7.11 Å². The van der Waals surface area contributed by atoms with E-state index in [1.165, 1.54) is 0 Å². The third-order valence-electron chi connectivity index (χ3n) is 3.14. The van der Waals surface area contributed by atoms with Crippen molar-refractivity contribution < 1.29 is 4.74 Å². The molecule has 21 heavy (non-hydrogen) atoms. The zero-order valence-electron chi connectivity index (χ0n) is 14.2. The van der Waals surface area contributed by atoms with Crippen LogP contribution in [0, 0.1) is 11.3 Å². The van der Waals surface area contributed by atoms with Crippen molar-refractivity contribution in [2.24, 2.45) is 11.3 Å². The summed E-state index contributed by atoms with van der Waals surface area (Å²) in [4.78, 5) is 9.44. The molecule has 1 aromatic rings. The minimum absolute atomic E-state index is 0.0544. The average molecular weight is 358 g/mol. The summed E-state index contributed by atoms with van der Waals surface area (Å²) in [5.74, 6) is 2.14. The molecule has 0 saturated heterocycles. The zero-order chi connectivity index (χ0) is 16.2. The number of methoxy groups -OCH3 is 1. The molecule has 1 unspecified atom stereocenters. The molecule has 1 rings (SSSR count). The Bertz CT molecular complexity index is 469. The fourth-order valence-corrected chi connectivity index (χ4v) is 2.76. The van der Waals surface area contributed by atoms with Crippen molar-refractivity contribution in [1.29, 1.82) is 0 Å². The zero-order valence-corrected chi connectivity index (χ0v) is 15.8. The Labute approximate surface area is 137 Å². The molecule has 0 saturated carbocycles. The van der Waals surface area contributed by atoms with Gasteiger partial charge in [0.25, 0.3) is 0 Å². The van der Waals surface area contributed by atoms with Crippen LogP contribution in [0.4, 0.5) is 5.82 Å². The molecule has 0 aliphatic carbocycles. The van der Waals surface area contributed by atoms with Gasteiger partial charge in [0.05, 0.1) is 10.2 Å². The van der Waals surface area contributed by atoms with Crippen molar-refractivity contribution in [2.45, 2.75) is 54.1 Å². The molecule has 0 fully saturated rings. The van der Waals surface area contributed by atoms with E-state index in [0.717, 1.165) is 34.8 Å². The minimum Gasteiger partial charge on any atom is -0.373 e. The van der Waals surface area contributed by atoms with Gasteiger partial charge in [0.15, 0.2) is 5.82 Å². The fourth-order valence-electron chi connectivity index (χ4n) is 2.28. The van der Waals surface area contributed by atoms with Crippen LogP contribution in [0.15, 0.2) is 4.47 Å². The van der Waals surface area contributed by atoms with Crippen LogP contribution in [0.25, 0.3) is 0 Å². The van der Waals surface area contributed by atoms with Gasteiger partial charge in [0.2, 0.25) is 0 Å². The standard InChI is InChI=1S/C16H28BrN3O/c1-8-18-14-12(17)11(9-10(2)3)19-15(20-14)13(21-7)16(4,5)6/h10,13H,8-9H2,1-7H3,(H,18,19,20). The molecule has 0 amide bonds. The molecule has 1 aromatic heterocycles. The summed E-state index contributed by atoms with van der Waals surface area (Å²) in [7, 11) is 1.72. The van der Waals surface area contributed by atoms with E-state index in [1.807, 2.05) is 0 Å². The first-order valence-corrected chi connectivity index (χ1v) is 8.32. The lowest BCUT2D eigenvalue weighted by Crippen LogP contribution is -2.24. The number of aromatic nitrogens is 2. The molecular formula is C16H28BrN3O. The highest BCUT2D eigenvalue weighted by Gasteiger charge is 2.30. The number of rotatable bonds is 6. The van der Waals surface area contributed by atoms with Gasteiger partial charge in [-0.05, 0) is 40.6 Å². The molecule has 0 aliphatic heterocycles. The predicted molar refractivity (Wildman–Crippen MR) is 91.6 cm³/mol. The Balaban J connectivity index is 3.34. The normalized spacial score (nSPS) is 13.6. The molecule has 1 N–H and O–H groups in total. The van der Waals surface area contributed by atoms with Crippen molar-refractivity contribution >= 4 is 21.7 Å². The molecule has 0 bridgehead atoms. The Hall–Kier alpha value is -0.680. The number of hydrogen-bond acceptors (Lipinski definition) is 4. The molecule has 5 heteroatoms. The highest BCUT2D eigenvalue weighted by atomic mass is 79.9. The maximum absolute atomic E-state index is 5.67. The van der Waals surface area contributed by atoms with E-state index in [9.17, 15) is 0 Å². The van der Waals surface area contributed by atoms with Crippen LogP contribution < -0.4 is 5.32 Å². The summed E-state index contributed by atoms with van der Waals surface area (Å²) >= 11 is 3.64. The lowest BCUT2D eigenvalue weighted by Gasteiger charge is -2.29. The number of nitrogens with zero attached hydrogens (tertiary/aromatic N) is 2. The second-order valence-corrected chi connectivity index (χ2v) is 7.59. The quantitative estimate of drug-likeness (QED) is 0.807. The second kappa shape index (κ2) is 7.54. The molecule has 120 valence electrons. The lowest BCUT2D eigenvalue weighted by atomic mass is 9.88. The van der Waals surface area contributed by atoms with Gasteiger partial charge in [-0.1, -0.05) is 34.6 Å². The van der Waals surface area contributed by atoms with Gasteiger partial charge in [-0.2, -0.15) is 0 Å². The fraction of sp³-hybridized carbons (Fsp3) is 0.750. The van der Waals surface area contributed by atoms with E-state index in [2.05, 4.69) is 67.8 Å². The number of anilines is 1. The highest BCUT2D eigenvalue weighted by molar-refractivity contribution is 9.10. The van der Waals surface area contributed by atoms with Crippen LogP contribution >= 0.6 is 15.9 Å². The Morgan fingerprint density at radius 1 is 1.24 bits per heavy atom. The Morgan fingerprint density at radius 2 is 1.86 bits per heavy atom. The second-order valence-electron chi connectivity index (χ2n) is 6.80. The van der Waals surface area contributed by atoms with Crippen LogP contribution in [-0.4, -0.2) is 23.6 Å². The molecule has 0 aromatic carbocycles. The van der Waals surface area contributed by atoms with Crippen molar-refractivity contribution in [3.63, 3.8) is 0 Å². The van der Waals surface area contributed by atoms with Crippen LogP contribution in [0.1, 0.15) is 59.2 Å². The third-order valence-corrected chi connectivity index (χ3v) is 3.97. The SMILES string of the molecule is CCNc1nc(C(OC)C(C)(C)C)nc(CC(C)C)c1Br. The van der Waals surface area contributed by atoms with Crippen LogP contribution in [0.5, 0.6) is 0 Å². The number of halogens is 1. The number of hydrogen-bond donors (Lipinski definition) is 1. The largest absolute Gasteiger partial charge is 0.373 e. The summed E-state index contributed by atoms with van der Waals surface area (Å²) in [6.07, 6.45) is 0.781. The summed E-state index contributed by atoms with van der Waals surface area (Å²) in [6, 6.07) is 0. The van der Waals surface area contributed by atoms with Crippen LogP contribution in [0.2, 0.25) is 0 Å². The third kappa shape index (κ3) is 4.92. The first kappa shape index (κ1) is 18.4. The van der Waals surface area contributed by atoms with Gasteiger partial charge in [-0.3, -0.25) is 0 Å². The van der Waals surface area contributed by atoms with E-state index in [4.69, 9.17) is 9.72 Å². The van der Waals surface area contributed by atoms with Gasteiger partial charge in [0, 0.05) is 13.7 Å². The first-order chi connectivity index (χ1) is 9.70. The minimum atomic E-state index is -0.131. The summed E-state index contributed by atoms with van der Waals surface area (Å²) in [5, 5.41) is 3.31. The summed E-state index contributed by atoms with van der Waals surface area (Å²) < 4.78 is 6.63. The molecule has 0 spiro atoms. The maximum atomic E-state index is 5.67. The Kier molecular flexibility index (Phi) is 6.60. The van der Waals surface area contributed by atoms with Crippen molar-refractivity contribution in [2.75, 3.05) is 19.0 Å². The Morgan fingerprint density at radius 3 is 2.29 bits per heavy atom. The topological polar surface area (TPSA) is 47.0 Å². The smallest absolute Gasteiger partial charge is 0.160 e. The maximum Gasteiger partial charge on any atom is 0.160 e. The summed E-state index contributed by atoms with van der Waals surface area (Å²) in [5.41, 5.74) is 0.985. The van der Waals surface area contributed by atoms with Crippen LogP contribution in [-0.2, 0) is 11.2 Å². The van der Waals surface area contributed by atoms with Gasteiger partial charge < -0.3 is 10.1 Å². The molecule has 4 nitrogen and oxygen atoms in total. The highest BCUT2D eigenvalue weighted by Crippen LogP contribution is 2.36. The molecule has 0 aliphatic rings. The molecular weight excluding hydrogens is 330 g/mol.